The fraction of sp³-hybridized carbons (Fsp3) is 1.00. The van der Waals surface area contributed by atoms with E-state index in [1.165, 1.54) is 51.6 Å². The van der Waals surface area contributed by atoms with Gasteiger partial charge in [-0.25, -0.2) is 0 Å². The Balaban J connectivity index is 1.77. The van der Waals surface area contributed by atoms with Crippen molar-refractivity contribution < 1.29 is 0 Å². The molecule has 2 fully saturated rings. The largest absolute Gasteiger partial charge is 0.300 e. The summed E-state index contributed by atoms with van der Waals surface area (Å²) >= 11 is 5.87. The van der Waals surface area contributed by atoms with Crippen LogP contribution in [-0.4, -0.2) is 29.9 Å². The second-order valence-electron chi connectivity index (χ2n) is 4.57. The van der Waals surface area contributed by atoms with Crippen LogP contribution in [0.1, 0.15) is 38.5 Å². The molecule has 0 unspecified atom stereocenters. The predicted octanol–water partition coefficient (Wildman–Crippen LogP) is 2.88. The van der Waals surface area contributed by atoms with Gasteiger partial charge in [0.25, 0.3) is 0 Å². The molecule has 2 aliphatic rings. The molecule has 1 aliphatic carbocycles. The van der Waals surface area contributed by atoms with Crippen molar-refractivity contribution in [2.45, 2.75) is 44.6 Å². The number of likely N-dealkylation sites (tertiary alicyclic amines) is 1. The highest BCUT2D eigenvalue weighted by Gasteiger charge is 2.26. The van der Waals surface area contributed by atoms with E-state index in [2.05, 4.69) is 4.90 Å². The Morgan fingerprint density at radius 2 is 1.62 bits per heavy atom. The van der Waals surface area contributed by atoms with E-state index in [9.17, 15) is 0 Å². The van der Waals surface area contributed by atoms with E-state index in [-0.39, 0.29) is 0 Å². The third-order valence-electron chi connectivity index (χ3n) is 3.71. The molecular weight excluding hydrogens is 182 g/mol. The second-order valence-corrected chi connectivity index (χ2v) is 4.88. The first-order chi connectivity index (χ1) is 6.40. The highest BCUT2D eigenvalue weighted by molar-refractivity contribution is 6.18. The Morgan fingerprint density at radius 3 is 2.15 bits per heavy atom. The maximum absolute atomic E-state index is 5.87. The number of rotatable bonds is 2. The second kappa shape index (κ2) is 4.65. The lowest BCUT2D eigenvalue weighted by atomic mass is 9.97. The lowest BCUT2D eigenvalue weighted by Crippen LogP contribution is -2.40. The van der Waals surface area contributed by atoms with Crippen molar-refractivity contribution in [1.29, 1.82) is 0 Å². The summed E-state index contributed by atoms with van der Waals surface area (Å²) in [7, 11) is 0. The van der Waals surface area contributed by atoms with Crippen LogP contribution in [0.3, 0.4) is 0 Å². The summed E-state index contributed by atoms with van der Waals surface area (Å²) in [5.74, 6) is 1.68. The standard InChI is InChI=1S/C11H20ClN/c12-9-10-5-7-13(8-6-10)11-3-1-2-4-11/h10-11H,1-9H2. The Bertz CT molecular complexity index is 146. The zero-order chi connectivity index (χ0) is 9.10. The summed E-state index contributed by atoms with van der Waals surface area (Å²) in [4.78, 5) is 2.70. The minimum Gasteiger partial charge on any atom is -0.300 e. The molecule has 0 spiro atoms. The quantitative estimate of drug-likeness (QED) is 0.622. The van der Waals surface area contributed by atoms with Crippen LogP contribution in [0.15, 0.2) is 0 Å². The van der Waals surface area contributed by atoms with Gasteiger partial charge < -0.3 is 4.90 Å². The number of piperidine rings is 1. The average molecular weight is 202 g/mol. The normalized spacial score (nSPS) is 28.4. The third kappa shape index (κ3) is 2.38. The van der Waals surface area contributed by atoms with Crippen LogP contribution in [0.25, 0.3) is 0 Å². The summed E-state index contributed by atoms with van der Waals surface area (Å²) in [5, 5.41) is 0. The first-order valence-corrected chi connectivity index (χ1v) is 6.23. The van der Waals surface area contributed by atoms with Crippen LogP contribution in [-0.2, 0) is 0 Å². The number of hydrogen-bond acceptors (Lipinski definition) is 1. The molecule has 0 N–H and O–H groups in total. The van der Waals surface area contributed by atoms with Gasteiger partial charge in [-0.05, 0) is 44.7 Å². The minimum atomic E-state index is 0.805. The molecule has 0 aromatic carbocycles. The average Bonchev–Trinajstić information content (AvgIpc) is 2.71. The molecule has 1 nitrogen and oxygen atoms in total. The molecule has 0 bridgehead atoms. The van der Waals surface area contributed by atoms with Gasteiger partial charge in [-0.3, -0.25) is 0 Å². The summed E-state index contributed by atoms with van der Waals surface area (Å²) in [5.41, 5.74) is 0. The van der Waals surface area contributed by atoms with Gasteiger partial charge >= 0.3 is 0 Å². The van der Waals surface area contributed by atoms with E-state index in [0.29, 0.717) is 0 Å². The summed E-state index contributed by atoms with van der Waals surface area (Å²) < 4.78 is 0. The fourth-order valence-electron chi connectivity index (χ4n) is 2.74. The molecule has 76 valence electrons. The molecule has 2 heteroatoms. The van der Waals surface area contributed by atoms with Crippen LogP contribution in [0.2, 0.25) is 0 Å². The van der Waals surface area contributed by atoms with Gasteiger partial charge in [0.15, 0.2) is 0 Å². The van der Waals surface area contributed by atoms with Crippen LogP contribution in [0, 0.1) is 5.92 Å². The lowest BCUT2D eigenvalue weighted by Gasteiger charge is -2.35. The molecule has 1 aliphatic heterocycles. The Hall–Kier alpha value is 0.250. The first kappa shape index (κ1) is 9.79. The summed E-state index contributed by atoms with van der Waals surface area (Å²) in [6.45, 7) is 2.62. The van der Waals surface area contributed by atoms with E-state index < -0.39 is 0 Å². The van der Waals surface area contributed by atoms with Crippen molar-refractivity contribution in [3.63, 3.8) is 0 Å². The van der Waals surface area contributed by atoms with Crippen molar-refractivity contribution in [3.8, 4) is 0 Å². The number of halogens is 1. The monoisotopic (exact) mass is 201 g/mol. The Kier molecular flexibility index (Phi) is 3.51. The van der Waals surface area contributed by atoms with Gasteiger partial charge in [-0.1, -0.05) is 12.8 Å². The van der Waals surface area contributed by atoms with Crippen LogP contribution >= 0.6 is 11.6 Å². The molecule has 0 aromatic heterocycles. The number of hydrogen-bond donors (Lipinski definition) is 0. The zero-order valence-corrected chi connectivity index (χ0v) is 9.10. The Labute approximate surface area is 86.4 Å². The lowest BCUT2D eigenvalue weighted by molar-refractivity contribution is 0.141. The Morgan fingerprint density at radius 1 is 1.00 bits per heavy atom. The van der Waals surface area contributed by atoms with Crippen molar-refractivity contribution in [2.75, 3.05) is 19.0 Å². The molecule has 13 heavy (non-hydrogen) atoms. The molecule has 0 radical (unpaired) electrons. The topological polar surface area (TPSA) is 3.24 Å². The predicted molar refractivity (Wildman–Crippen MR) is 57.3 cm³/mol. The van der Waals surface area contributed by atoms with E-state index in [1.54, 1.807) is 0 Å². The number of nitrogens with zero attached hydrogens (tertiary/aromatic N) is 1. The van der Waals surface area contributed by atoms with E-state index >= 15 is 0 Å². The van der Waals surface area contributed by atoms with Crippen molar-refractivity contribution in [1.82, 2.24) is 4.90 Å². The van der Waals surface area contributed by atoms with Gasteiger partial charge in [0, 0.05) is 11.9 Å². The van der Waals surface area contributed by atoms with Crippen LogP contribution in [0.5, 0.6) is 0 Å². The smallest absolute Gasteiger partial charge is 0.0252 e. The SMILES string of the molecule is ClCC1CCN(C2CCCC2)CC1. The van der Waals surface area contributed by atoms with Crippen LogP contribution in [0.4, 0.5) is 0 Å². The zero-order valence-electron chi connectivity index (χ0n) is 8.34. The van der Waals surface area contributed by atoms with Crippen molar-refractivity contribution >= 4 is 11.6 Å². The molecule has 1 heterocycles. The van der Waals surface area contributed by atoms with Gasteiger partial charge in [0.1, 0.15) is 0 Å². The molecule has 1 saturated heterocycles. The highest BCUT2D eigenvalue weighted by atomic mass is 35.5. The summed E-state index contributed by atoms with van der Waals surface area (Å²) in [6.07, 6.45) is 8.48. The maximum atomic E-state index is 5.87. The maximum Gasteiger partial charge on any atom is 0.0252 e. The van der Waals surface area contributed by atoms with Crippen molar-refractivity contribution in [3.05, 3.63) is 0 Å². The van der Waals surface area contributed by atoms with Crippen molar-refractivity contribution in [2.24, 2.45) is 5.92 Å². The minimum absolute atomic E-state index is 0.805. The molecule has 0 atom stereocenters. The first-order valence-electron chi connectivity index (χ1n) is 5.70. The van der Waals surface area contributed by atoms with Gasteiger partial charge in [0.2, 0.25) is 0 Å². The van der Waals surface area contributed by atoms with Gasteiger partial charge in [-0.15, -0.1) is 11.6 Å². The number of alkyl halides is 1. The highest BCUT2D eigenvalue weighted by Crippen LogP contribution is 2.27. The molecule has 2 rings (SSSR count). The third-order valence-corrected chi connectivity index (χ3v) is 4.14. The van der Waals surface area contributed by atoms with E-state index in [4.69, 9.17) is 11.6 Å². The van der Waals surface area contributed by atoms with Gasteiger partial charge in [-0.2, -0.15) is 0 Å². The summed E-state index contributed by atoms with van der Waals surface area (Å²) in [6, 6.07) is 0.927. The molecule has 0 amide bonds. The molecular formula is C11H20ClN. The fourth-order valence-corrected chi connectivity index (χ4v) is 3.05. The molecule has 1 saturated carbocycles. The van der Waals surface area contributed by atoms with Crippen LogP contribution < -0.4 is 0 Å². The van der Waals surface area contributed by atoms with E-state index in [0.717, 1.165) is 17.8 Å². The van der Waals surface area contributed by atoms with Gasteiger partial charge in [0.05, 0.1) is 0 Å². The molecule has 0 aromatic rings. The van der Waals surface area contributed by atoms with E-state index in [1.807, 2.05) is 0 Å².